The maximum absolute atomic E-state index is 4.41. The Kier molecular flexibility index (Phi) is 2.54. The lowest BCUT2D eigenvalue weighted by atomic mass is 10.3. The molecule has 0 atom stereocenters. The van der Waals surface area contributed by atoms with Gasteiger partial charge in [-0.2, -0.15) is 0 Å². The molecule has 3 heteroatoms. The van der Waals surface area contributed by atoms with Crippen molar-refractivity contribution in [3.63, 3.8) is 0 Å². The van der Waals surface area contributed by atoms with Crippen LogP contribution in [0.2, 0.25) is 0 Å². The van der Waals surface area contributed by atoms with Crippen LogP contribution in [0.4, 0.5) is 5.82 Å². The van der Waals surface area contributed by atoms with Crippen LogP contribution >= 0.6 is 15.9 Å². The van der Waals surface area contributed by atoms with Crippen LogP contribution in [0, 0.1) is 0 Å². The van der Waals surface area contributed by atoms with Crippen molar-refractivity contribution in [2.45, 2.75) is 24.2 Å². The normalized spacial score (nSPS) is 15.8. The number of rotatable bonds is 3. The molecule has 0 aromatic carbocycles. The Morgan fingerprint density at radius 3 is 3.00 bits per heavy atom. The summed E-state index contributed by atoms with van der Waals surface area (Å²) in [7, 11) is 2.13. The van der Waals surface area contributed by atoms with Crippen LogP contribution in [-0.2, 0) is 5.33 Å². The quantitative estimate of drug-likeness (QED) is 0.756. The van der Waals surface area contributed by atoms with Crippen molar-refractivity contribution in [1.82, 2.24) is 4.98 Å². The highest BCUT2D eigenvalue weighted by molar-refractivity contribution is 9.08. The maximum atomic E-state index is 4.41. The summed E-state index contributed by atoms with van der Waals surface area (Å²) >= 11 is 3.48. The molecular formula is C10H13BrN2. The summed E-state index contributed by atoms with van der Waals surface area (Å²) in [4.78, 5) is 6.69. The molecule has 0 unspecified atom stereocenters. The number of hydrogen-bond donors (Lipinski definition) is 0. The Labute approximate surface area is 87.1 Å². The second-order valence-electron chi connectivity index (χ2n) is 3.46. The Balaban J connectivity index is 2.26. The van der Waals surface area contributed by atoms with E-state index < -0.39 is 0 Å². The lowest BCUT2D eigenvalue weighted by Gasteiger charge is -2.19. The molecule has 13 heavy (non-hydrogen) atoms. The molecule has 1 aromatic heterocycles. The van der Waals surface area contributed by atoms with E-state index >= 15 is 0 Å². The first-order valence-corrected chi connectivity index (χ1v) is 5.67. The minimum Gasteiger partial charge on any atom is -0.356 e. The SMILES string of the molecule is CN(c1ncccc1CBr)C1CC1. The summed E-state index contributed by atoms with van der Waals surface area (Å²) in [5, 5.41) is 0.882. The van der Waals surface area contributed by atoms with Gasteiger partial charge in [-0.3, -0.25) is 0 Å². The molecule has 1 heterocycles. The first-order chi connectivity index (χ1) is 6.33. The van der Waals surface area contributed by atoms with Gasteiger partial charge in [0.25, 0.3) is 0 Å². The van der Waals surface area contributed by atoms with Gasteiger partial charge >= 0.3 is 0 Å². The summed E-state index contributed by atoms with van der Waals surface area (Å²) in [5.41, 5.74) is 1.27. The molecule has 1 saturated carbocycles. The lowest BCUT2D eigenvalue weighted by Crippen LogP contribution is -2.21. The third-order valence-corrected chi connectivity index (χ3v) is 3.04. The molecular weight excluding hydrogens is 228 g/mol. The maximum Gasteiger partial charge on any atom is 0.132 e. The van der Waals surface area contributed by atoms with Crippen molar-refractivity contribution in [3.05, 3.63) is 23.9 Å². The Hall–Kier alpha value is -0.570. The third kappa shape index (κ3) is 1.85. The Morgan fingerprint density at radius 1 is 1.62 bits per heavy atom. The molecule has 2 nitrogen and oxygen atoms in total. The fourth-order valence-electron chi connectivity index (χ4n) is 1.49. The second kappa shape index (κ2) is 3.66. The van der Waals surface area contributed by atoms with Crippen LogP contribution in [0.25, 0.3) is 0 Å². The molecule has 1 aliphatic rings. The highest BCUT2D eigenvalue weighted by Crippen LogP contribution is 2.31. The number of alkyl halides is 1. The lowest BCUT2D eigenvalue weighted by molar-refractivity contribution is 0.884. The second-order valence-corrected chi connectivity index (χ2v) is 4.02. The van der Waals surface area contributed by atoms with Crippen LogP contribution in [0.3, 0.4) is 0 Å². The van der Waals surface area contributed by atoms with E-state index in [0.29, 0.717) is 0 Å². The molecule has 0 bridgehead atoms. The van der Waals surface area contributed by atoms with Gasteiger partial charge in [0.2, 0.25) is 0 Å². The summed E-state index contributed by atoms with van der Waals surface area (Å²) in [6, 6.07) is 4.84. The standard InChI is InChI=1S/C10H13BrN2/c1-13(9-4-5-9)10-8(7-11)3-2-6-12-10/h2-3,6,9H,4-5,7H2,1H3. The van der Waals surface area contributed by atoms with Gasteiger partial charge < -0.3 is 4.90 Å². The molecule has 0 radical (unpaired) electrons. The number of nitrogens with zero attached hydrogens (tertiary/aromatic N) is 2. The molecule has 0 saturated heterocycles. The van der Waals surface area contributed by atoms with E-state index in [4.69, 9.17) is 0 Å². The summed E-state index contributed by atoms with van der Waals surface area (Å²) in [5.74, 6) is 1.13. The van der Waals surface area contributed by atoms with Gasteiger partial charge in [-0.25, -0.2) is 4.98 Å². The summed E-state index contributed by atoms with van der Waals surface area (Å²) in [6.07, 6.45) is 4.49. The number of aromatic nitrogens is 1. The van der Waals surface area contributed by atoms with Crippen molar-refractivity contribution in [1.29, 1.82) is 0 Å². The Bertz CT molecular complexity index is 297. The predicted molar refractivity (Wildman–Crippen MR) is 58.3 cm³/mol. The molecule has 0 N–H and O–H groups in total. The smallest absolute Gasteiger partial charge is 0.132 e. The Morgan fingerprint density at radius 2 is 2.38 bits per heavy atom. The van der Waals surface area contributed by atoms with Crippen molar-refractivity contribution in [2.24, 2.45) is 0 Å². The van der Waals surface area contributed by atoms with Gasteiger partial charge in [0.05, 0.1) is 0 Å². The molecule has 70 valence electrons. The van der Waals surface area contributed by atoms with E-state index in [1.807, 2.05) is 12.3 Å². The van der Waals surface area contributed by atoms with Gasteiger partial charge in [0.15, 0.2) is 0 Å². The van der Waals surface area contributed by atoms with E-state index in [-0.39, 0.29) is 0 Å². The zero-order valence-electron chi connectivity index (χ0n) is 7.70. The van der Waals surface area contributed by atoms with E-state index in [1.165, 1.54) is 18.4 Å². The van der Waals surface area contributed by atoms with E-state index in [2.05, 4.69) is 38.9 Å². The highest BCUT2D eigenvalue weighted by Gasteiger charge is 2.27. The van der Waals surface area contributed by atoms with Crippen LogP contribution in [0.15, 0.2) is 18.3 Å². The van der Waals surface area contributed by atoms with Crippen LogP contribution < -0.4 is 4.90 Å². The minimum absolute atomic E-state index is 0.729. The first kappa shape index (κ1) is 9.00. The molecule has 2 rings (SSSR count). The molecule has 1 fully saturated rings. The zero-order valence-corrected chi connectivity index (χ0v) is 9.29. The molecule has 1 aliphatic carbocycles. The average molecular weight is 241 g/mol. The van der Waals surface area contributed by atoms with Crippen molar-refractivity contribution in [3.8, 4) is 0 Å². The van der Waals surface area contributed by atoms with Crippen LogP contribution in [0.5, 0.6) is 0 Å². The van der Waals surface area contributed by atoms with Gasteiger partial charge in [-0.15, -0.1) is 0 Å². The number of anilines is 1. The number of halogens is 1. The minimum atomic E-state index is 0.729. The molecule has 1 aromatic rings. The zero-order chi connectivity index (χ0) is 9.26. The van der Waals surface area contributed by atoms with Crippen molar-refractivity contribution in [2.75, 3.05) is 11.9 Å². The van der Waals surface area contributed by atoms with E-state index in [9.17, 15) is 0 Å². The summed E-state index contributed by atoms with van der Waals surface area (Å²) in [6.45, 7) is 0. The molecule has 0 spiro atoms. The van der Waals surface area contributed by atoms with Crippen molar-refractivity contribution >= 4 is 21.7 Å². The van der Waals surface area contributed by atoms with Gasteiger partial charge in [-0.1, -0.05) is 22.0 Å². The van der Waals surface area contributed by atoms with Gasteiger partial charge in [0, 0.05) is 30.2 Å². The van der Waals surface area contributed by atoms with Crippen molar-refractivity contribution < 1.29 is 0 Å². The highest BCUT2D eigenvalue weighted by atomic mass is 79.9. The van der Waals surface area contributed by atoms with Crippen LogP contribution in [0.1, 0.15) is 18.4 Å². The van der Waals surface area contributed by atoms with E-state index in [1.54, 1.807) is 0 Å². The van der Waals surface area contributed by atoms with E-state index in [0.717, 1.165) is 17.2 Å². The molecule has 0 aliphatic heterocycles. The fourth-order valence-corrected chi connectivity index (χ4v) is 1.92. The number of hydrogen-bond acceptors (Lipinski definition) is 2. The van der Waals surface area contributed by atoms with Gasteiger partial charge in [0.1, 0.15) is 5.82 Å². The number of pyridine rings is 1. The average Bonchev–Trinajstić information content (AvgIpc) is 3.00. The third-order valence-electron chi connectivity index (χ3n) is 2.44. The van der Waals surface area contributed by atoms with Gasteiger partial charge in [-0.05, 0) is 18.9 Å². The largest absolute Gasteiger partial charge is 0.356 e. The van der Waals surface area contributed by atoms with Crippen LogP contribution in [-0.4, -0.2) is 18.1 Å². The molecule has 0 amide bonds. The first-order valence-electron chi connectivity index (χ1n) is 4.55. The predicted octanol–water partition coefficient (Wildman–Crippen LogP) is 2.58. The monoisotopic (exact) mass is 240 g/mol. The topological polar surface area (TPSA) is 16.1 Å². The fraction of sp³-hybridized carbons (Fsp3) is 0.500. The summed E-state index contributed by atoms with van der Waals surface area (Å²) < 4.78 is 0.